The highest BCUT2D eigenvalue weighted by Gasteiger charge is 2.22. The van der Waals surface area contributed by atoms with Crippen molar-refractivity contribution in [2.24, 2.45) is 0 Å². The van der Waals surface area contributed by atoms with E-state index < -0.39 is 11.2 Å². The Hall–Kier alpha value is -3.30. The number of aromatic nitrogens is 2. The summed E-state index contributed by atoms with van der Waals surface area (Å²) in [5, 5.41) is 0. The highest BCUT2D eigenvalue weighted by atomic mass is 32.2. The predicted molar refractivity (Wildman–Crippen MR) is 143 cm³/mol. The van der Waals surface area contributed by atoms with Gasteiger partial charge < -0.3 is 9.46 Å². The van der Waals surface area contributed by atoms with Crippen molar-refractivity contribution in [2.45, 2.75) is 33.1 Å². The van der Waals surface area contributed by atoms with Crippen LogP contribution in [0.4, 0.5) is 10.1 Å². The summed E-state index contributed by atoms with van der Waals surface area (Å²) in [6, 6.07) is 8.23. The topological polar surface area (TPSA) is 79.4 Å². The number of hydrogen-bond acceptors (Lipinski definition) is 6. The Balaban J connectivity index is 2.12. The second-order valence-electron chi connectivity index (χ2n) is 9.37. The van der Waals surface area contributed by atoms with Gasteiger partial charge in [0.05, 0.1) is 18.5 Å². The van der Waals surface area contributed by atoms with Gasteiger partial charge in [0.2, 0.25) is 0 Å². The third-order valence-corrected chi connectivity index (χ3v) is 6.03. The molecule has 2 aromatic carbocycles. The van der Waals surface area contributed by atoms with Crippen LogP contribution in [0.25, 0.3) is 17.8 Å². The van der Waals surface area contributed by atoms with E-state index in [-0.39, 0.29) is 11.2 Å². The summed E-state index contributed by atoms with van der Waals surface area (Å²) in [4.78, 5) is 26.3. The third kappa shape index (κ3) is 6.23. The van der Waals surface area contributed by atoms with Gasteiger partial charge in [0, 0.05) is 35.5 Å². The van der Waals surface area contributed by atoms with Gasteiger partial charge in [-0.15, -0.1) is 0 Å². The molecule has 0 spiro atoms. The molecule has 0 amide bonds. The van der Waals surface area contributed by atoms with Crippen molar-refractivity contribution in [3.05, 3.63) is 85.4 Å². The van der Waals surface area contributed by atoms with Crippen LogP contribution < -0.4 is 20.7 Å². The molecule has 0 fully saturated rings. The maximum atomic E-state index is 14.7. The molecule has 0 aliphatic heterocycles. The maximum absolute atomic E-state index is 14.7. The average Bonchev–Trinajstić information content (AvgIpc) is 2.77. The quantitative estimate of drug-likeness (QED) is 0.353. The minimum Gasteiger partial charge on any atom is -0.496 e. The number of H-pyrrole nitrogens is 1. The van der Waals surface area contributed by atoms with E-state index >= 15 is 0 Å². The number of methoxy groups -OCH3 is 1. The van der Waals surface area contributed by atoms with E-state index in [2.05, 4.69) is 30.5 Å². The summed E-state index contributed by atoms with van der Waals surface area (Å²) in [6.07, 6.45) is 5.11. The number of aromatic amines is 1. The summed E-state index contributed by atoms with van der Waals surface area (Å²) < 4.78 is 26.7. The number of anilines is 1. The zero-order valence-corrected chi connectivity index (χ0v) is 21.8. The first kappa shape index (κ1) is 26.3. The highest BCUT2D eigenvalue weighted by Crippen LogP contribution is 2.37. The molecule has 0 radical (unpaired) electrons. The van der Waals surface area contributed by atoms with Crippen LogP contribution in [0.2, 0.25) is 0 Å². The standard InChI is InChI=1S/C26H31FN4O3S/c1-16-12-22(29-35-30(5)6)21(27)14-17(16)8-9-18-13-19(31-11-10-23(32)28-25(31)33)15-20(24(18)34-7)26(2,3)4/h8-15,29H,1-7H3,(H,28,32,33)/b9-8+. The Kier molecular flexibility index (Phi) is 7.92. The molecule has 9 heteroatoms. The van der Waals surface area contributed by atoms with Gasteiger partial charge in [-0.1, -0.05) is 32.9 Å². The smallest absolute Gasteiger partial charge is 0.332 e. The molecule has 0 aliphatic rings. The van der Waals surface area contributed by atoms with Crippen molar-refractivity contribution >= 4 is 30.0 Å². The lowest BCUT2D eigenvalue weighted by atomic mass is 9.84. The zero-order valence-electron chi connectivity index (χ0n) is 21.0. The Morgan fingerprint density at radius 2 is 1.80 bits per heavy atom. The maximum Gasteiger partial charge on any atom is 0.332 e. The van der Waals surface area contributed by atoms with Gasteiger partial charge in [0.1, 0.15) is 11.6 Å². The van der Waals surface area contributed by atoms with Crippen molar-refractivity contribution < 1.29 is 9.13 Å². The van der Waals surface area contributed by atoms with E-state index in [1.54, 1.807) is 19.2 Å². The van der Waals surface area contributed by atoms with Gasteiger partial charge in [-0.3, -0.25) is 14.3 Å². The van der Waals surface area contributed by atoms with Crippen LogP contribution in [0.1, 0.15) is 43.0 Å². The molecular weight excluding hydrogens is 467 g/mol. The minimum absolute atomic E-state index is 0.296. The second-order valence-corrected chi connectivity index (χ2v) is 10.5. The van der Waals surface area contributed by atoms with Crippen LogP contribution >= 0.6 is 12.1 Å². The van der Waals surface area contributed by atoms with Gasteiger partial charge in [0.15, 0.2) is 0 Å². The summed E-state index contributed by atoms with van der Waals surface area (Å²) in [7, 11) is 5.34. The highest BCUT2D eigenvalue weighted by molar-refractivity contribution is 7.98. The van der Waals surface area contributed by atoms with Crippen LogP contribution in [0, 0.1) is 12.7 Å². The third-order valence-electron chi connectivity index (χ3n) is 5.35. The molecule has 3 rings (SSSR count). The lowest BCUT2D eigenvalue weighted by Gasteiger charge is -2.25. The van der Waals surface area contributed by atoms with Crippen LogP contribution in [-0.2, 0) is 5.41 Å². The molecule has 0 bridgehead atoms. The number of ether oxygens (including phenoxy) is 1. The molecule has 0 atom stereocenters. The second kappa shape index (κ2) is 10.5. The fourth-order valence-electron chi connectivity index (χ4n) is 3.58. The number of aryl methyl sites for hydroxylation is 1. The largest absolute Gasteiger partial charge is 0.496 e. The number of hydrogen-bond donors (Lipinski definition) is 2. The normalized spacial score (nSPS) is 11.9. The molecule has 7 nitrogen and oxygen atoms in total. The van der Waals surface area contributed by atoms with E-state index in [4.69, 9.17) is 4.74 Å². The fourth-order valence-corrected chi connectivity index (χ4v) is 4.02. The van der Waals surface area contributed by atoms with Gasteiger partial charge in [-0.2, -0.15) is 0 Å². The van der Waals surface area contributed by atoms with Crippen LogP contribution in [0.5, 0.6) is 5.75 Å². The van der Waals surface area contributed by atoms with E-state index in [1.807, 2.05) is 43.5 Å². The van der Waals surface area contributed by atoms with Crippen molar-refractivity contribution in [1.82, 2.24) is 13.9 Å². The lowest BCUT2D eigenvalue weighted by Crippen LogP contribution is -2.28. The summed E-state index contributed by atoms with van der Waals surface area (Å²) in [5.41, 5.74) is 2.92. The molecule has 1 heterocycles. The number of nitrogens with one attached hydrogen (secondary N) is 2. The number of halogens is 1. The first-order valence-electron chi connectivity index (χ1n) is 11.0. The van der Waals surface area contributed by atoms with E-state index in [1.165, 1.54) is 35.0 Å². The molecule has 186 valence electrons. The summed E-state index contributed by atoms with van der Waals surface area (Å²) >= 11 is 1.29. The van der Waals surface area contributed by atoms with Crippen molar-refractivity contribution in [2.75, 3.05) is 25.9 Å². The summed E-state index contributed by atoms with van der Waals surface area (Å²) in [6.45, 7) is 8.07. The molecule has 0 saturated carbocycles. The van der Waals surface area contributed by atoms with E-state index in [0.717, 1.165) is 16.7 Å². The minimum atomic E-state index is -0.533. The fraction of sp³-hybridized carbons (Fsp3) is 0.308. The number of rotatable bonds is 7. The van der Waals surface area contributed by atoms with Crippen LogP contribution in [-0.4, -0.2) is 35.1 Å². The first-order valence-corrected chi connectivity index (χ1v) is 11.8. The average molecular weight is 499 g/mol. The molecular formula is C26H31FN4O3S. The van der Waals surface area contributed by atoms with Crippen molar-refractivity contribution in [3.8, 4) is 11.4 Å². The van der Waals surface area contributed by atoms with Gasteiger partial charge in [-0.05, 0) is 61.8 Å². The van der Waals surface area contributed by atoms with Gasteiger partial charge >= 0.3 is 5.69 Å². The predicted octanol–water partition coefficient (Wildman–Crippen LogP) is 4.99. The van der Waals surface area contributed by atoms with Crippen molar-refractivity contribution in [3.63, 3.8) is 0 Å². The summed E-state index contributed by atoms with van der Waals surface area (Å²) in [5.74, 6) is 0.300. The SMILES string of the molecule is COc1c(/C=C/c2cc(F)c(NSN(C)C)cc2C)cc(-n2ccc(=O)[nH]c2=O)cc1C(C)(C)C. The lowest BCUT2D eigenvalue weighted by molar-refractivity contribution is 0.396. The molecule has 1 aromatic heterocycles. The van der Waals surface area contributed by atoms with E-state index in [9.17, 15) is 14.0 Å². The van der Waals surface area contributed by atoms with E-state index in [0.29, 0.717) is 22.7 Å². The van der Waals surface area contributed by atoms with Crippen molar-refractivity contribution in [1.29, 1.82) is 0 Å². The first-order chi connectivity index (χ1) is 16.4. The molecule has 2 N–H and O–H groups in total. The Bertz CT molecular complexity index is 1370. The Labute approximate surface area is 208 Å². The monoisotopic (exact) mass is 498 g/mol. The number of nitrogens with zero attached hydrogens (tertiary/aromatic N) is 2. The van der Waals surface area contributed by atoms with Crippen LogP contribution in [0.3, 0.4) is 0 Å². The Morgan fingerprint density at radius 3 is 2.40 bits per heavy atom. The zero-order chi connectivity index (χ0) is 25.9. The van der Waals surface area contributed by atoms with Crippen LogP contribution in [0.15, 0.2) is 46.1 Å². The number of benzene rings is 2. The van der Waals surface area contributed by atoms with Gasteiger partial charge in [0.25, 0.3) is 5.56 Å². The van der Waals surface area contributed by atoms with Gasteiger partial charge in [-0.25, -0.2) is 13.5 Å². The Morgan fingerprint density at radius 1 is 1.11 bits per heavy atom. The molecule has 0 aliphatic carbocycles. The molecule has 0 saturated heterocycles. The molecule has 0 unspecified atom stereocenters. The molecule has 35 heavy (non-hydrogen) atoms. The molecule has 3 aromatic rings.